The number of likely N-dealkylation sites (tertiary alicyclic amines) is 1. The summed E-state index contributed by atoms with van der Waals surface area (Å²) in [6, 6.07) is 10.6. The molecule has 1 aromatic carbocycles. The summed E-state index contributed by atoms with van der Waals surface area (Å²) >= 11 is 0. The van der Waals surface area contributed by atoms with Crippen molar-refractivity contribution in [2.75, 3.05) is 13.1 Å². The second-order valence-electron chi connectivity index (χ2n) is 7.61. The maximum absolute atomic E-state index is 12.2. The van der Waals surface area contributed by atoms with E-state index in [0.29, 0.717) is 5.92 Å². The number of fused-ring (bicyclic) bond motifs is 1. The van der Waals surface area contributed by atoms with Gasteiger partial charge in [-0.15, -0.1) is 0 Å². The van der Waals surface area contributed by atoms with Crippen LogP contribution in [-0.4, -0.2) is 34.7 Å². The van der Waals surface area contributed by atoms with Gasteiger partial charge in [0.25, 0.3) is 0 Å². The molecule has 1 saturated heterocycles. The highest BCUT2D eigenvalue weighted by Crippen LogP contribution is 2.33. The van der Waals surface area contributed by atoms with Gasteiger partial charge in [-0.1, -0.05) is 45.9 Å². The van der Waals surface area contributed by atoms with Crippen LogP contribution >= 0.6 is 0 Å². The van der Waals surface area contributed by atoms with Crippen molar-refractivity contribution in [2.24, 2.45) is 0 Å². The van der Waals surface area contributed by atoms with E-state index in [1.54, 1.807) is 0 Å². The predicted molar refractivity (Wildman–Crippen MR) is 119 cm³/mol. The summed E-state index contributed by atoms with van der Waals surface area (Å²) in [6.45, 7) is 17.2. The fourth-order valence-corrected chi connectivity index (χ4v) is 3.34. The Hall–Kier alpha value is -2.10. The molecule has 0 unspecified atom stereocenters. The highest BCUT2D eigenvalue weighted by atomic mass is 16.6. The summed E-state index contributed by atoms with van der Waals surface area (Å²) in [6.07, 6.45) is 1.73. The van der Waals surface area contributed by atoms with Crippen LogP contribution in [0.5, 0.6) is 0 Å². The number of pyridine rings is 1. The number of hydrogen-bond acceptors (Lipinski definition) is 3. The van der Waals surface area contributed by atoms with Crippen molar-refractivity contribution in [3.05, 3.63) is 41.6 Å². The number of aromatic nitrogens is 1. The van der Waals surface area contributed by atoms with E-state index in [1.807, 2.05) is 60.3 Å². The minimum absolute atomic E-state index is 0.198. The molecule has 1 aliphatic rings. The fraction of sp³-hybridized carbons (Fsp3) is 0.583. The van der Waals surface area contributed by atoms with Gasteiger partial charge in [0.05, 0.1) is 5.52 Å². The molecular weight excluding hydrogens is 348 g/mol. The normalized spacial score (nSPS) is 14.5. The average molecular weight is 387 g/mol. The number of nitrogens with zero attached hydrogens (tertiary/aromatic N) is 2. The highest BCUT2D eigenvalue weighted by Gasteiger charge is 2.28. The lowest BCUT2D eigenvalue weighted by atomic mass is 9.87. The van der Waals surface area contributed by atoms with Gasteiger partial charge in [-0.3, -0.25) is 4.98 Å². The van der Waals surface area contributed by atoms with Crippen molar-refractivity contribution >= 4 is 17.0 Å². The van der Waals surface area contributed by atoms with E-state index in [4.69, 9.17) is 4.74 Å². The number of rotatable bonds is 1. The molecule has 0 atom stereocenters. The van der Waals surface area contributed by atoms with Crippen LogP contribution in [0.2, 0.25) is 0 Å². The Labute approximate surface area is 171 Å². The molecule has 0 spiro atoms. The van der Waals surface area contributed by atoms with E-state index < -0.39 is 5.60 Å². The molecule has 0 N–H and O–H groups in total. The van der Waals surface area contributed by atoms with Gasteiger partial charge in [0, 0.05) is 24.2 Å². The fourth-order valence-electron chi connectivity index (χ4n) is 3.34. The molecule has 1 aromatic heterocycles. The van der Waals surface area contributed by atoms with E-state index in [9.17, 15) is 4.79 Å². The summed E-state index contributed by atoms with van der Waals surface area (Å²) < 4.78 is 5.48. The SMILES string of the molecule is CC.CC.Cc1ccc2c(C3CCN(C(=O)OC(C)(C)C)CC3)cccc2n1. The minimum atomic E-state index is -0.437. The molecule has 1 amide bonds. The van der Waals surface area contributed by atoms with Crippen LogP contribution in [0.3, 0.4) is 0 Å². The van der Waals surface area contributed by atoms with Crippen LogP contribution in [-0.2, 0) is 4.74 Å². The van der Waals surface area contributed by atoms with Crippen molar-refractivity contribution in [2.45, 2.75) is 79.8 Å². The summed E-state index contributed by atoms with van der Waals surface area (Å²) in [5, 5.41) is 1.24. The van der Waals surface area contributed by atoms with Crippen LogP contribution < -0.4 is 0 Å². The van der Waals surface area contributed by atoms with Crippen LogP contribution in [0.25, 0.3) is 10.9 Å². The quantitative estimate of drug-likeness (QED) is 0.547. The second kappa shape index (κ2) is 11.0. The lowest BCUT2D eigenvalue weighted by molar-refractivity contribution is 0.0205. The number of piperidine rings is 1. The molecular formula is C24H38N2O2. The highest BCUT2D eigenvalue weighted by molar-refractivity contribution is 5.83. The third-order valence-electron chi connectivity index (χ3n) is 4.49. The largest absolute Gasteiger partial charge is 0.444 e. The molecule has 2 heterocycles. The maximum atomic E-state index is 12.2. The molecule has 2 aromatic rings. The Balaban J connectivity index is 0.000000921. The van der Waals surface area contributed by atoms with Gasteiger partial charge >= 0.3 is 6.09 Å². The zero-order chi connectivity index (χ0) is 21.3. The first kappa shape index (κ1) is 23.9. The monoisotopic (exact) mass is 386 g/mol. The zero-order valence-corrected chi connectivity index (χ0v) is 19.0. The van der Waals surface area contributed by atoms with E-state index >= 15 is 0 Å². The topological polar surface area (TPSA) is 42.4 Å². The first-order valence-corrected chi connectivity index (χ1v) is 10.7. The summed E-state index contributed by atoms with van der Waals surface area (Å²) in [7, 11) is 0. The molecule has 0 aliphatic carbocycles. The Kier molecular flexibility index (Phi) is 9.44. The van der Waals surface area contributed by atoms with Gasteiger partial charge in [-0.25, -0.2) is 4.79 Å². The number of hydrogen-bond donors (Lipinski definition) is 0. The standard InChI is InChI=1S/C20H26N2O2.2C2H6/c1-14-8-9-17-16(6-5-7-18(17)21-14)15-10-12-22(13-11-15)19(23)24-20(2,3)4;2*1-2/h5-9,15H,10-13H2,1-4H3;2*1-2H3. The van der Waals surface area contributed by atoms with Gasteiger partial charge in [0.2, 0.25) is 0 Å². The van der Waals surface area contributed by atoms with E-state index in [2.05, 4.69) is 35.3 Å². The zero-order valence-electron chi connectivity index (χ0n) is 19.0. The van der Waals surface area contributed by atoms with Crippen LogP contribution in [0.4, 0.5) is 4.79 Å². The first-order chi connectivity index (χ1) is 13.3. The van der Waals surface area contributed by atoms with Gasteiger partial charge < -0.3 is 9.64 Å². The number of aryl methyl sites for hydroxylation is 1. The smallest absolute Gasteiger partial charge is 0.410 e. The van der Waals surface area contributed by atoms with E-state index in [-0.39, 0.29) is 6.09 Å². The molecule has 4 heteroatoms. The van der Waals surface area contributed by atoms with Crippen molar-refractivity contribution in [3.63, 3.8) is 0 Å². The summed E-state index contributed by atoms with van der Waals surface area (Å²) in [4.78, 5) is 18.7. The number of amides is 1. The minimum Gasteiger partial charge on any atom is -0.444 e. The van der Waals surface area contributed by atoms with Gasteiger partial charge in [0.15, 0.2) is 0 Å². The van der Waals surface area contributed by atoms with Gasteiger partial charge in [-0.2, -0.15) is 0 Å². The molecule has 3 rings (SSSR count). The number of ether oxygens (including phenoxy) is 1. The molecule has 28 heavy (non-hydrogen) atoms. The molecule has 1 aliphatic heterocycles. The average Bonchev–Trinajstić information content (AvgIpc) is 2.69. The number of carbonyl (C=O) groups is 1. The second-order valence-corrected chi connectivity index (χ2v) is 7.61. The molecule has 0 bridgehead atoms. The van der Waals surface area contributed by atoms with E-state index in [1.165, 1.54) is 10.9 Å². The lowest BCUT2D eigenvalue weighted by Gasteiger charge is -2.34. The van der Waals surface area contributed by atoms with Crippen molar-refractivity contribution in [1.29, 1.82) is 0 Å². The number of carbonyl (C=O) groups excluding carboxylic acids is 1. The Morgan fingerprint density at radius 2 is 1.64 bits per heavy atom. The first-order valence-electron chi connectivity index (χ1n) is 10.7. The molecule has 4 nitrogen and oxygen atoms in total. The summed E-state index contributed by atoms with van der Waals surface area (Å²) in [5.74, 6) is 0.469. The van der Waals surface area contributed by atoms with Crippen molar-refractivity contribution in [1.82, 2.24) is 9.88 Å². The third-order valence-corrected chi connectivity index (χ3v) is 4.49. The predicted octanol–water partition coefficient (Wildman–Crippen LogP) is 6.71. The Bertz CT molecular complexity index is 742. The molecule has 0 radical (unpaired) electrons. The summed E-state index contributed by atoms with van der Waals surface area (Å²) in [5.41, 5.74) is 3.01. The van der Waals surface area contributed by atoms with Crippen molar-refractivity contribution < 1.29 is 9.53 Å². The van der Waals surface area contributed by atoms with Crippen molar-refractivity contribution in [3.8, 4) is 0 Å². The van der Waals surface area contributed by atoms with Crippen LogP contribution in [0.1, 0.15) is 78.5 Å². The van der Waals surface area contributed by atoms with Crippen LogP contribution in [0.15, 0.2) is 30.3 Å². The molecule has 0 saturated carbocycles. The Morgan fingerprint density at radius 3 is 2.21 bits per heavy atom. The maximum Gasteiger partial charge on any atom is 0.410 e. The molecule has 156 valence electrons. The lowest BCUT2D eigenvalue weighted by Crippen LogP contribution is -2.41. The van der Waals surface area contributed by atoms with Gasteiger partial charge in [-0.05, 0) is 64.2 Å². The van der Waals surface area contributed by atoms with Gasteiger partial charge in [0.1, 0.15) is 5.60 Å². The number of benzene rings is 1. The van der Waals surface area contributed by atoms with Crippen LogP contribution in [0, 0.1) is 6.92 Å². The Morgan fingerprint density at radius 1 is 1.04 bits per heavy atom. The molecule has 1 fully saturated rings. The van der Waals surface area contributed by atoms with E-state index in [0.717, 1.165) is 37.1 Å². The third kappa shape index (κ3) is 6.50.